The molecular weight excluding hydrogens is 456 g/mol. The molecule has 0 radical (unpaired) electrons. The molecule has 11 heteroatoms. The highest BCUT2D eigenvalue weighted by atomic mass is 16.6. The van der Waals surface area contributed by atoms with Gasteiger partial charge in [0.15, 0.2) is 5.69 Å². The second-order valence-electron chi connectivity index (χ2n) is 10.7. The molecule has 1 amide bonds. The van der Waals surface area contributed by atoms with Crippen molar-refractivity contribution < 1.29 is 33.6 Å². The predicted molar refractivity (Wildman–Crippen MR) is 122 cm³/mol. The highest BCUT2D eigenvalue weighted by Gasteiger charge is 2.72. The number of methoxy groups -OCH3 is 1. The number of ether oxygens (including phenoxy) is 4. The van der Waals surface area contributed by atoms with Gasteiger partial charge >= 0.3 is 12.1 Å². The molecule has 6 atom stereocenters. The number of hydrogen-bond acceptors (Lipinski definition) is 8. The van der Waals surface area contributed by atoms with E-state index in [0.717, 1.165) is 12.8 Å². The average Bonchev–Trinajstić information content (AvgIpc) is 3.63. The van der Waals surface area contributed by atoms with Gasteiger partial charge in [0.2, 0.25) is 0 Å². The van der Waals surface area contributed by atoms with Crippen LogP contribution in [0.15, 0.2) is 17.8 Å². The summed E-state index contributed by atoms with van der Waals surface area (Å²) in [6, 6.07) is 0. The smallest absolute Gasteiger partial charge is 0.410 e. The number of hydrogen-bond donors (Lipinski definition) is 1. The lowest BCUT2D eigenvalue weighted by Crippen LogP contribution is -2.58. The lowest BCUT2D eigenvalue weighted by Gasteiger charge is -2.44. The second-order valence-corrected chi connectivity index (χ2v) is 10.7. The minimum absolute atomic E-state index is 0.0134. The minimum atomic E-state index is -1.11. The maximum Gasteiger partial charge on any atom is 0.410 e. The van der Waals surface area contributed by atoms with Gasteiger partial charge in [-0.05, 0) is 40.0 Å². The number of nitrogens with zero attached hydrogens (tertiary/aromatic N) is 4. The number of rotatable bonds is 8. The molecule has 1 aromatic rings. The monoisotopic (exact) mass is 490 g/mol. The van der Waals surface area contributed by atoms with E-state index in [2.05, 4.69) is 37.0 Å². The highest BCUT2D eigenvalue weighted by molar-refractivity contribution is 5.84. The number of aromatic nitrogens is 3. The fourth-order valence-corrected chi connectivity index (χ4v) is 5.82. The molecule has 0 aromatic carbocycles. The Kier molecular flexibility index (Phi) is 6.13. The first-order chi connectivity index (χ1) is 16.6. The fraction of sp³-hybridized carbons (Fsp3) is 0.750. The van der Waals surface area contributed by atoms with Crippen molar-refractivity contribution >= 4 is 12.1 Å². The van der Waals surface area contributed by atoms with E-state index in [9.17, 15) is 9.59 Å². The number of likely N-dealkylation sites (tertiary alicyclic amines) is 1. The Balaban J connectivity index is 1.18. The molecule has 1 saturated carbocycles. The van der Waals surface area contributed by atoms with Gasteiger partial charge in [0.25, 0.3) is 0 Å². The van der Waals surface area contributed by atoms with E-state index in [1.165, 1.54) is 16.6 Å². The summed E-state index contributed by atoms with van der Waals surface area (Å²) in [4.78, 5) is 26.9. The van der Waals surface area contributed by atoms with Gasteiger partial charge in [-0.3, -0.25) is 0 Å². The van der Waals surface area contributed by atoms with Crippen LogP contribution in [0, 0.1) is 11.8 Å². The Morgan fingerprint density at radius 3 is 2.69 bits per heavy atom. The summed E-state index contributed by atoms with van der Waals surface area (Å²) in [5.74, 6) is -0.979. The van der Waals surface area contributed by atoms with Gasteiger partial charge in [0.1, 0.15) is 23.4 Å². The van der Waals surface area contributed by atoms with Crippen molar-refractivity contribution in [2.24, 2.45) is 11.8 Å². The molecule has 4 fully saturated rings. The van der Waals surface area contributed by atoms with Crippen LogP contribution in [0.2, 0.25) is 0 Å². The van der Waals surface area contributed by atoms with Gasteiger partial charge < -0.3 is 29.0 Å². The SMILES string of the molecule is CO[C@@H]1[C@H](OC(=O)N2CC(Cn3ncc(C(=O)O)n3)C2)CC[C@]2(CO2)[C@H]1[C@@]1(C)OC1CC=C(C)C. The van der Waals surface area contributed by atoms with Crippen LogP contribution in [0.1, 0.15) is 50.5 Å². The third-order valence-corrected chi connectivity index (χ3v) is 7.88. The molecule has 1 aromatic heterocycles. The Bertz CT molecular complexity index is 1010. The number of epoxide rings is 2. The van der Waals surface area contributed by atoms with Crippen LogP contribution in [-0.2, 0) is 25.5 Å². The second kappa shape index (κ2) is 8.86. The van der Waals surface area contributed by atoms with Crippen molar-refractivity contribution in [2.45, 2.75) is 76.1 Å². The van der Waals surface area contributed by atoms with Crippen molar-refractivity contribution in [3.8, 4) is 0 Å². The number of carbonyl (C=O) groups excluding carboxylic acids is 1. The van der Waals surface area contributed by atoms with E-state index in [1.807, 2.05) is 0 Å². The van der Waals surface area contributed by atoms with Crippen molar-refractivity contribution in [3.05, 3.63) is 23.5 Å². The standard InChI is InChI=1S/C24H34N4O7/c1-14(2)5-6-18-23(3,35-18)20-19(32-4)17(7-8-24(20)13-33-24)34-22(31)27-10-15(11-27)12-28-25-9-16(26-28)21(29)30/h5,9,15,17-20H,6-8,10-13H2,1-4H3,(H,29,30)/t17-,18?,19-,20-,23+,24+/m1/s1. The summed E-state index contributed by atoms with van der Waals surface area (Å²) in [5.41, 5.74) is 0.539. The number of carboxylic acids is 1. The maximum atomic E-state index is 12.9. The minimum Gasteiger partial charge on any atom is -0.476 e. The normalized spacial score (nSPS) is 35.9. The fourth-order valence-electron chi connectivity index (χ4n) is 5.82. The summed E-state index contributed by atoms with van der Waals surface area (Å²) < 4.78 is 24.1. The number of allylic oxidation sites excluding steroid dienone is 1. The Morgan fingerprint density at radius 2 is 2.09 bits per heavy atom. The molecule has 192 valence electrons. The van der Waals surface area contributed by atoms with Crippen LogP contribution < -0.4 is 0 Å². The maximum absolute atomic E-state index is 12.9. The van der Waals surface area contributed by atoms with Crippen LogP contribution in [0.5, 0.6) is 0 Å². The van der Waals surface area contributed by atoms with Gasteiger partial charge in [0.05, 0.1) is 31.4 Å². The molecule has 1 unspecified atom stereocenters. The summed E-state index contributed by atoms with van der Waals surface area (Å²) in [7, 11) is 1.67. The molecule has 4 heterocycles. The molecule has 1 aliphatic carbocycles. The molecule has 1 N–H and O–H groups in total. The molecular formula is C24H34N4O7. The Morgan fingerprint density at radius 1 is 1.34 bits per heavy atom. The third-order valence-electron chi connectivity index (χ3n) is 7.88. The predicted octanol–water partition coefficient (Wildman–Crippen LogP) is 2.12. The van der Waals surface area contributed by atoms with Crippen molar-refractivity contribution in [2.75, 3.05) is 26.8 Å². The van der Waals surface area contributed by atoms with Crippen molar-refractivity contribution in [1.29, 1.82) is 0 Å². The summed E-state index contributed by atoms with van der Waals surface area (Å²) in [6.07, 6.45) is 4.82. The molecule has 5 rings (SSSR count). The summed E-state index contributed by atoms with van der Waals surface area (Å²) in [6.45, 7) is 8.44. The zero-order valence-electron chi connectivity index (χ0n) is 20.7. The van der Waals surface area contributed by atoms with Crippen LogP contribution >= 0.6 is 0 Å². The van der Waals surface area contributed by atoms with Gasteiger partial charge in [0, 0.05) is 26.1 Å². The van der Waals surface area contributed by atoms with Gasteiger partial charge in [-0.2, -0.15) is 9.90 Å². The van der Waals surface area contributed by atoms with Gasteiger partial charge in [-0.25, -0.2) is 9.59 Å². The average molecular weight is 491 g/mol. The molecule has 1 spiro atoms. The number of carbonyl (C=O) groups is 2. The number of carboxylic acid groups (broad SMARTS) is 1. The molecule has 11 nitrogen and oxygen atoms in total. The van der Waals surface area contributed by atoms with Crippen LogP contribution in [0.4, 0.5) is 4.79 Å². The first kappa shape index (κ1) is 24.2. The van der Waals surface area contributed by atoms with Crippen LogP contribution in [0.25, 0.3) is 0 Å². The van der Waals surface area contributed by atoms with E-state index in [-0.39, 0.29) is 53.1 Å². The number of amides is 1. The molecule has 3 saturated heterocycles. The zero-order chi connectivity index (χ0) is 25.0. The topological polar surface area (TPSA) is 132 Å². The molecule has 3 aliphatic heterocycles. The Hall–Kier alpha value is -2.50. The Labute approximate surface area is 204 Å². The van der Waals surface area contributed by atoms with Crippen LogP contribution in [0.3, 0.4) is 0 Å². The largest absolute Gasteiger partial charge is 0.476 e. The van der Waals surface area contributed by atoms with Crippen molar-refractivity contribution in [3.63, 3.8) is 0 Å². The third kappa shape index (κ3) is 4.56. The quantitative estimate of drug-likeness (QED) is 0.430. The van der Waals surface area contributed by atoms with Gasteiger partial charge in [-0.15, -0.1) is 5.10 Å². The van der Waals surface area contributed by atoms with E-state index in [1.54, 1.807) is 12.0 Å². The molecule has 35 heavy (non-hydrogen) atoms. The first-order valence-corrected chi connectivity index (χ1v) is 12.2. The first-order valence-electron chi connectivity index (χ1n) is 12.2. The molecule has 0 bridgehead atoms. The zero-order valence-corrected chi connectivity index (χ0v) is 20.7. The van der Waals surface area contributed by atoms with E-state index in [4.69, 9.17) is 24.1 Å². The lowest BCUT2D eigenvalue weighted by molar-refractivity contribution is -0.124. The van der Waals surface area contributed by atoms with Crippen LogP contribution in [-0.4, -0.2) is 93.4 Å². The van der Waals surface area contributed by atoms with Gasteiger partial charge in [-0.1, -0.05) is 11.6 Å². The summed E-state index contributed by atoms with van der Waals surface area (Å²) in [5, 5.41) is 16.9. The van der Waals surface area contributed by atoms with E-state index < -0.39 is 5.97 Å². The number of aromatic carboxylic acids is 1. The van der Waals surface area contributed by atoms with E-state index >= 15 is 0 Å². The highest BCUT2D eigenvalue weighted by Crippen LogP contribution is 2.59. The summed E-state index contributed by atoms with van der Waals surface area (Å²) >= 11 is 0. The van der Waals surface area contributed by atoms with Crippen molar-refractivity contribution in [1.82, 2.24) is 19.9 Å². The molecule has 4 aliphatic rings. The van der Waals surface area contributed by atoms with E-state index in [0.29, 0.717) is 32.7 Å². The lowest BCUT2D eigenvalue weighted by atomic mass is 9.68.